The first kappa shape index (κ1) is 40.5. The van der Waals surface area contributed by atoms with E-state index in [1.807, 2.05) is 6.07 Å². The molecular weight excluding hydrogens is 887 g/mol. The van der Waals surface area contributed by atoms with Crippen LogP contribution in [0, 0.1) is 0 Å². The number of fused-ring (bicyclic) bond motifs is 20. The molecule has 0 N–H and O–H groups in total. The molecule has 13 aromatic rings. The van der Waals surface area contributed by atoms with Gasteiger partial charge in [-0.25, -0.2) is 0 Å². The third-order valence-electron chi connectivity index (χ3n) is 16.7. The minimum absolute atomic E-state index is 0.170. The van der Waals surface area contributed by atoms with Gasteiger partial charge in [0.05, 0.1) is 5.41 Å². The van der Waals surface area contributed by atoms with Gasteiger partial charge in [0.1, 0.15) is 22.3 Å². The zero-order valence-corrected chi connectivity index (χ0v) is 40.3. The number of nitrogens with zero attached hydrogens (tertiary/aromatic N) is 1. The van der Waals surface area contributed by atoms with E-state index in [1.165, 1.54) is 77.9 Å². The maximum absolute atomic E-state index is 6.70. The highest BCUT2D eigenvalue weighted by molar-refractivity contribution is 6.16. The van der Waals surface area contributed by atoms with Gasteiger partial charge in [0.25, 0.3) is 0 Å². The molecule has 73 heavy (non-hydrogen) atoms. The third-order valence-corrected chi connectivity index (χ3v) is 16.7. The van der Waals surface area contributed by atoms with Crippen LogP contribution in [0.15, 0.2) is 245 Å². The Balaban J connectivity index is 0.964. The van der Waals surface area contributed by atoms with Crippen LogP contribution in [0.5, 0.6) is 0 Å². The van der Waals surface area contributed by atoms with Crippen LogP contribution < -0.4 is 4.90 Å². The summed E-state index contributed by atoms with van der Waals surface area (Å²) in [5.74, 6) is 0. The molecule has 2 aromatic heterocycles. The van der Waals surface area contributed by atoms with Crippen molar-refractivity contribution in [2.45, 2.75) is 24.7 Å². The van der Waals surface area contributed by atoms with E-state index in [9.17, 15) is 0 Å². The average Bonchev–Trinajstić information content (AvgIpc) is 4.26. The summed E-state index contributed by atoms with van der Waals surface area (Å²) in [6.07, 6.45) is 0. The summed E-state index contributed by atoms with van der Waals surface area (Å²) in [6, 6.07) is 87.5. The Kier molecular flexibility index (Phi) is 8.16. The molecule has 0 saturated heterocycles. The normalized spacial score (nSPS) is 15.4. The number of hydrogen-bond donors (Lipinski definition) is 0. The molecule has 16 rings (SSSR count). The number of hydrogen-bond acceptors (Lipinski definition) is 3. The van der Waals surface area contributed by atoms with Gasteiger partial charge in [0, 0.05) is 44.0 Å². The smallest absolute Gasteiger partial charge is 0.136 e. The molecule has 3 nitrogen and oxygen atoms in total. The van der Waals surface area contributed by atoms with Crippen molar-refractivity contribution in [1.29, 1.82) is 0 Å². The molecular formula is C70H45NO2. The Morgan fingerprint density at radius 1 is 0.301 bits per heavy atom. The zero-order chi connectivity index (χ0) is 48.2. The van der Waals surface area contributed by atoms with Crippen LogP contribution in [0.2, 0.25) is 0 Å². The SMILES string of the molecule is CC1(C)c2ccccc2-c2ccc(N(c3ccc(-c4ccccc4)cc3)c3ccc4c(c3)C3(c5ccccc5-c5ccc(-c6ccc7c(c6)oc6ccccc67)cc53)c3ccc5oc6ccccc6c5c3-4)cc21. The predicted octanol–water partition coefficient (Wildman–Crippen LogP) is 18.9. The van der Waals surface area contributed by atoms with E-state index in [2.05, 4.69) is 249 Å². The molecule has 2 heterocycles. The third kappa shape index (κ3) is 5.49. The van der Waals surface area contributed by atoms with Crippen LogP contribution in [0.25, 0.3) is 99.5 Å². The molecule has 3 heteroatoms. The van der Waals surface area contributed by atoms with Gasteiger partial charge in [-0.1, -0.05) is 178 Å². The maximum Gasteiger partial charge on any atom is 0.136 e. The molecule has 0 saturated carbocycles. The van der Waals surface area contributed by atoms with Crippen molar-refractivity contribution in [3.05, 3.63) is 270 Å². The first-order valence-electron chi connectivity index (χ1n) is 25.4. The zero-order valence-electron chi connectivity index (χ0n) is 40.3. The van der Waals surface area contributed by atoms with E-state index < -0.39 is 5.41 Å². The lowest BCUT2D eigenvalue weighted by atomic mass is 9.70. The molecule has 1 atom stereocenters. The van der Waals surface area contributed by atoms with Crippen molar-refractivity contribution in [2.75, 3.05) is 4.90 Å². The second-order valence-corrected chi connectivity index (χ2v) is 20.7. The van der Waals surface area contributed by atoms with Crippen LogP contribution in [0.3, 0.4) is 0 Å². The summed E-state index contributed by atoms with van der Waals surface area (Å²) < 4.78 is 13.2. The van der Waals surface area contributed by atoms with Gasteiger partial charge in [-0.15, -0.1) is 0 Å². The van der Waals surface area contributed by atoms with Crippen molar-refractivity contribution in [3.63, 3.8) is 0 Å². The standard InChI is InChI=1S/C70H45NO2/c1-69(2)57-20-10-6-16-49(57)51-34-30-47(40-60(51)69)71(46-28-24-43(25-29-46)42-14-4-3-5-15-42)48-31-35-55-62(41-48)70(59-36-37-65-68(67(55)59)56-19-9-13-23-64(56)72-65)58-21-11-7-17-50(58)52-32-26-44(38-61(52)70)45-27-33-54-53-18-8-12-22-63(53)73-66(54)39-45/h3-41H,1-2H3. The molecule has 0 fully saturated rings. The fourth-order valence-electron chi connectivity index (χ4n) is 13.4. The molecule has 0 aliphatic heterocycles. The quantitative estimate of drug-likeness (QED) is 0.172. The summed E-state index contributed by atoms with van der Waals surface area (Å²) in [5, 5.41) is 4.55. The molecule has 11 aromatic carbocycles. The predicted molar refractivity (Wildman–Crippen MR) is 300 cm³/mol. The van der Waals surface area contributed by atoms with Gasteiger partial charge in [0.15, 0.2) is 0 Å². The Morgan fingerprint density at radius 3 is 1.63 bits per heavy atom. The van der Waals surface area contributed by atoms with E-state index in [0.29, 0.717) is 0 Å². The lowest BCUT2D eigenvalue weighted by molar-refractivity contribution is 0.660. The molecule has 0 amide bonds. The Bertz CT molecular complexity index is 4470. The minimum Gasteiger partial charge on any atom is -0.456 e. The van der Waals surface area contributed by atoms with Crippen LogP contribution in [-0.4, -0.2) is 0 Å². The summed E-state index contributed by atoms with van der Waals surface area (Å²) in [6.45, 7) is 4.74. The number of furan rings is 2. The molecule has 1 spiro atoms. The summed E-state index contributed by atoms with van der Waals surface area (Å²) in [5.41, 5.74) is 26.1. The van der Waals surface area contributed by atoms with Gasteiger partial charge in [-0.3, -0.25) is 0 Å². The Hall–Kier alpha value is -9.18. The summed E-state index contributed by atoms with van der Waals surface area (Å²) >= 11 is 0. The van der Waals surface area contributed by atoms with E-state index in [-0.39, 0.29) is 5.41 Å². The van der Waals surface area contributed by atoms with Crippen LogP contribution >= 0.6 is 0 Å². The monoisotopic (exact) mass is 931 g/mol. The molecule has 0 bridgehead atoms. The van der Waals surface area contributed by atoms with Gasteiger partial charge >= 0.3 is 0 Å². The van der Waals surface area contributed by atoms with Gasteiger partial charge < -0.3 is 13.7 Å². The van der Waals surface area contributed by atoms with Gasteiger partial charge in [-0.05, 0) is 162 Å². The topological polar surface area (TPSA) is 29.5 Å². The lowest BCUT2D eigenvalue weighted by Gasteiger charge is -2.33. The largest absolute Gasteiger partial charge is 0.456 e. The fraction of sp³-hybridized carbons (Fsp3) is 0.0571. The van der Waals surface area contributed by atoms with E-state index >= 15 is 0 Å². The number of rotatable bonds is 5. The second-order valence-electron chi connectivity index (χ2n) is 20.7. The van der Waals surface area contributed by atoms with Crippen LogP contribution in [0.4, 0.5) is 17.1 Å². The number of benzene rings is 11. The first-order valence-corrected chi connectivity index (χ1v) is 25.4. The fourth-order valence-corrected chi connectivity index (χ4v) is 13.4. The molecule has 3 aliphatic rings. The lowest BCUT2D eigenvalue weighted by Crippen LogP contribution is -2.26. The van der Waals surface area contributed by atoms with Crippen molar-refractivity contribution in [3.8, 4) is 55.6 Å². The van der Waals surface area contributed by atoms with E-state index in [0.717, 1.165) is 72.1 Å². The average molecular weight is 932 g/mol. The highest BCUT2D eigenvalue weighted by atomic mass is 16.3. The highest BCUT2D eigenvalue weighted by Gasteiger charge is 2.53. The van der Waals surface area contributed by atoms with E-state index in [4.69, 9.17) is 8.83 Å². The summed E-state index contributed by atoms with van der Waals surface area (Å²) in [4.78, 5) is 2.48. The maximum atomic E-state index is 6.70. The number of para-hydroxylation sites is 2. The van der Waals surface area contributed by atoms with Crippen LogP contribution in [-0.2, 0) is 10.8 Å². The van der Waals surface area contributed by atoms with Crippen molar-refractivity contribution < 1.29 is 8.83 Å². The van der Waals surface area contributed by atoms with Gasteiger partial charge in [0.2, 0.25) is 0 Å². The Labute approximate surface area is 422 Å². The van der Waals surface area contributed by atoms with Gasteiger partial charge in [-0.2, -0.15) is 0 Å². The molecule has 0 radical (unpaired) electrons. The van der Waals surface area contributed by atoms with E-state index in [1.54, 1.807) is 0 Å². The number of anilines is 3. The van der Waals surface area contributed by atoms with Crippen molar-refractivity contribution >= 4 is 60.9 Å². The minimum atomic E-state index is -0.664. The van der Waals surface area contributed by atoms with Crippen molar-refractivity contribution in [2.24, 2.45) is 0 Å². The summed E-state index contributed by atoms with van der Waals surface area (Å²) in [7, 11) is 0. The molecule has 342 valence electrons. The highest BCUT2D eigenvalue weighted by Crippen LogP contribution is 2.65. The molecule has 3 aliphatic carbocycles. The van der Waals surface area contributed by atoms with Crippen LogP contribution in [0.1, 0.15) is 47.2 Å². The first-order chi connectivity index (χ1) is 35.9. The second kappa shape index (κ2) is 14.7. The Morgan fingerprint density at radius 2 is 0.822 bits per heavy atom. The van der Waals surface area contributed by atoms with Crippen molar-refractivity contribution in [1.82, 2.24) is 0 Å². The molecule has 1 unspecified atom stereocenters.